The zero-order chi connectivity index (χ0) is 11.7. The van der Waals surface area contributed by atoms with Crippen LogP contribution in [0, 0.1) is 0 Å². The molecule has 1 saturated heterocycles. The Morgan fingerprint density at radius 1 is 0.941 bits per heavy atom. The van der Waals surface area contributed by atoms with Gasteiger partial charge in [-0.1, -0.05) is 60.7 Å². The van der Waals surface area contributed by atoms with Crippen LogP contribution in [0.5, 0.6) is 0 Å². The van der Waals surface area contributed by atoms with E-state index in [1.54, 1.807) is 0 Å². The SMILES string of the molecule is NC(c1ccccc1)N1NC1c1ccccc1. The molecule has 0 radical (unpaired) electrons. The third-order valence-electron chi connectivity index (χ3n) is 3.04. The lowest BCUT2D eigenvalue weighted by atomic mass is 10.1. The second-order valence-electron chi connectivity index (χ2n) is 4.21. The topological polar surface area (TPSA) is 51.0 Å². The molecule has 0 saturated carbocycles. The Bertz CT molecular complexity index is 483. The van der Waals surface area contributed by atoms with Crippen LogP contribution < -0.4 is 11.2 Å². The fraction of sp³-hybridized carbons (Fsp3) is 0.143. The Labute approximate surface area is 101 Å². The molecule has 2 aromatic carbocycles. The molecule has 3 nitrogen and oxygen atoms in total. The molecule has 3 N–H and O–H groups in total. The Balaban J connectivity index is 1.73. The third-order valence-corrected chi connectivity index (χ3v) is 3.04. The monoisotopic (exact) mass is 225 g/mol. The van der Waals surface area contributed by atoms with Gasteiger partial charge in [0.2, 0.25) is 0 Å². The number of benzene rings is 2. The van der Waals surface area contributed by atoms with Gasteiger partial charge in [0, 0.05) is 0 Å². The number of hydrogen-bond acceptors (Lipinski definition) is 3. The van der Waals surface area contributed by atoms with Crippen molar-refractivity contribution in [1.29, 1.82) is 0 Å². The minimum atomic E-state index is -0.0959. The highest BCUT2D eigenvalue weighted by Crippen LogP contribution is 2.34. The summed E-state index contributed by atoms with van der Waals surface area (Å²) in [6.45, 7) is 0. The summed E-state index contributed by atoms with van der Waals surface area (Å²) in [6, 6.07) is 20.4. The smallest absolute Gasteiger partial charge is 0.114 e. The van der Waals surface area contributed by atoms with Gasteiger partial charge in [0.1, 0.15) is 6.17 Å². The molecule has 17 heavy (non-hydrogen) atoms. The van der Waals surface area contributed by atoms with Crippen molar-refractivity contribution in [2.24, 2.45) is 5.73 Å². The standard InChI is InChI=1S/C14H15N3/c15-13(11-7-3-1-4-8-11)17-14(16-17)12-9-5-2-6-10-12/h1-10,13-14,16H,15H2. The van der Waals surface area contributed by atoms with Gasteiger partial charge in [-0.25, -0.2) is 5.43 Å². The van der Waals surface area contributed by atoms with Crippen molar-refractivity contribution in [3.05, 3.63) is 71.8 Å². The first-order chi connectivity index (χ1) is 8.36. The van der Waals surface area contributed by atoms with Crippen molar-refractivity contribution in [3.63, 3.8) is 0 Å². The first-order valence-electron chi connectivity index (χ1n) is 5.76. The third kappa shape index (κ3) is 2.08. The maximum absolute atomic E-state index is 6.19. The molecule has 3 unspecified atom stereocenters. The van der Waals surface area contributed by atoms with Gasteiger partial charge in [-0.2, -0.15) is 5.01 Å². The van der Waals surface area contributed by atoms with E-state index in [1.807, 2.05) is 48.5 Å². The van der Waals surface area contributed by atoms with E-state index >= 15 is 0 Å². The van der Waals surface area contributed by atoms with Crippen molar-refractivity contribution in [1.82, 2.24) is 10.4 Å². The Morgan fingerprint density at radius 2 is 1.53 bits per heavy atom. The summed E-state index contributed by atoms with van der Waals surface area (Å²) in [5.41, 5.74) is 11.9. The number of hydrazine groups is 1. The van der Waals surface area contributed by atoms with E-state index in [0.717, 1.165) is 5.56 Å². The fourth-order valence-electron chi connectivity index (χ4n) is 2.03. The summed E-state index contributed by atoms with van der Waals surface area (Å²) in [5, 5.41) is 2.06. The summed E-state index contributed by atoms with van der Waals surface area (Å²) >= 11 is 0. The van der Waals surface area contributed by atoms with Gasteiger partial charge in [-0.15, -0.1) is 0 Å². The van der Waals surface area contributed by atoms with E-state index in [9.17, 15) is 0 Å². The van der Waals surface area contributed by atoms with E-state index in [-0.39, 0.29) is 12.3 Å². The number of nitrogens with zero attached hydrogens (tertiary/aromatic N) is 1. The molecule has 1 fully saturated rings. The maximum atomic E-state index is 6.19. The van der Waals surface area contributed by atoms with Gasteiger partial charge in [0.25, 0.3) is 0 Å². The van der Waals surface area contributed by atoms with Crippen LogP contribution in [0.25, 0.3) is 0 Å². The van der Waals surface area contributed by atoms with Crippen LogP contribution in [0.3, 0.4) is 0 Å². The van der Waals surface area contributed by atoms with E-state index in [0.29, 0.717) is 0 Å². The van der Waals surface area contributed by atoms with E-state index in [4.69, 9.17) is 5.73 Å². The zero-order valence-electron chi connectivity index (χ0n) is 9.45. The van der Waals surface area contributed by atoms with Crippen LogP contribution in [0.15, 0.2) is 60.7 Å². The molecule has 3 rings (SSSR count). The fourth-order valence-corrected chi connectivity index (χ4v) is 2.03. The molecular weight excluding hydrogens is 210 g/mol. The van der Waals surface area contributed by atoms with Crippen molar-refractivity contribution >= 4 is 0 Å². The second kappa shape index (κ2) is 4.30. The van der Waals surface area contributed by atoms with Gasteiger partial charge in [-0.3, -0.25) is 0 Å². The van der Waals surface area contributed by atoms with Crippen LogP contribution in [0.1, 0.15) is 23.5 Å². The van der Waals surface area contributed by atoms with E-state index in [1.165, 1.54) is 5.56 Å². The molecule has 0 bridgehead atoms. The van der Waals surface area contributed by atoms with Crippen molar-refractivity contribution < 1.29 is 0 Å². The lowest BCUT2D eigenvalue weighted by molar-refractivity contribution is 0.368. The maximum Gasteiger partial charge on any atom is 0.114 e. The highest BCUT2D eigenvalue weighted by Gasteiger charge is 2.39. The largest absolute Gasteiger partial charge is 0.311 e. The second-order valence-corrected chi connectivity index (χ2v) is 4.21. The van der Waals surface area contributed by atoms with Crippen LogP contribution >= 0.6 is 0 Å². The van der Waals surface area contributed by atoms with Gasteiger partial charge in [0.15, 0.2) is 0 Å². The molecule has 3 heteroatoms. The minimum absolute atomic E-state index is 0.0959. The quantitative estimate of drug-likeness (QED) is 0.787. The highest BCUT2D eigenvalue weighted by molar-refractivity contribution is 5.24. The van der Waals surface area contributed by atoms with Crippen LogP contribution in [-0.4, -0.2) is 5.01 Å². The Kier molecular flexibility index (Phi) is 2.65. The molecule has 2 aromatic rings. The molecule has 0 aliphatic carbocycles. The lowest BCUT2D eigenvalue weighted by Gasteiger charge is -2.12. The normalized spacial score (nSPS) is 24.3. The van der Waals surface area contributed by atoms with E-state index in [2.05, 4.69) is 22.6 Å². The summed E-state index contributed by atoms with van der Waals surface area (Å²) in [4.78, 5) is 0. The van der Waals surface area contributed by atoms with Gasteiger partial charge in [-0.05, 0) is 11.1 Å². The van der Waals surface area contributed by atoms with Crippen molar-refractivity contribution in [2.75, 3.05) is 0 Å². The summed E-state index contributed by atoms with van der Waals surface area (Å²) in [5.74, 6) is 0. The Hall–Kier alpha value is -1.68. The molecular formula is C14H15N3. The van der Waals surface area contributed by atoms with Crippen LogP contribution in [-0.2, 0) is 0 Å². The summed E-state index contributed by atoms with van der Waals surface area (Å²) in [6.07, 6.45) is 0.146. The first kappa shape index (κ1) is 10.5. The number of nitrogens with two attached hydrogens (primary N) is 1. The van der Waals surface area contributed by atoms with Crippen molar-refractivity contribution in [3.8, 4) is 0 Å². The predicted molar refractivity (Wildman–Crippen MR) is 67.5 cm³/mol. The van der Waals surface area contributed by atoms with Crippen LogP contribution in [0.2, 0.25) is 0 Å². The molecule has 3 atom stereocenters. The number of hydrogen-bond donors (Lipinski definition) is 2. The summed E-state index contributed by atoms with van der Waals surface area (Å²) in [7, 11) is 0. The molecule has 0 amide bonds. The molecule has 0 spiro atoms. The average Bonchev–Trinajstić information content (AvgIpc) is 3.20. The minimum Gasteiger partial charge on any atom is -0.311 e. The molecule has 86 valence electrons. The van der Waals surface area contributed by atoms with Gasteiger partial charge >= 0.3 is 0 Å². The lowest BCUT2D eigenvalue weighted by Crippen LogP contribution is -2.21. The predicted octanol–water partition coefficient (Wildman–Crippen LogP) is 2.16. The Morgan fingerprint density at radius 3 is 2.18 bits per heavy atom. The number of nitrogens with one attached hydrogen (secondary N) is 1. The van der Waals surface area contributed by atoms with Crippen molar-refractivity contribution in [2.45, 2.75) is 12.3 Å². The highest BCUT2D eigenvalue weighted by atomic mass is 15.8. The zero-order valence-corrected chi connectivity index (χ0v) is 9.45. The number of rotatable bonds is 3. The molecule has 0 aromatic heterocycles. The average molecular weight is 225 g/mol. The van der Waals surface area contributed by atoms with E-state index < -0.39 is 0 Å². The van der Waals surface area contributed by atoms with Crippen LogP contribution in [0.4, 0.5) is 0 Å². The van der Waals surface area contributed by atoms with Gasteiger partial charge in [0.05, 0.1) is 6.17 Å². The molecule has 1 aliphatic rings. The summed E-state index contributed by atoms with van der Waals surface area (Å²) < 4.78 is 0. The first-order valence-corrected chi connectivity index (χ1v) is 5.76. The van der Waals surface area contributed by atoms with Gasteiger partial charge < -0.3 is 5.73 Å². The molecule has 1 heterocycles. The molecule has 1 aliphatic heterocycles.